The van der Waals surface area contributed by atoms with Crippen LogP contribution < -0.4 is 10.6 Å². The molecule has 3 rings (SSSR count). The maximum atomic E-state index is 13.4. The highest BCUT2D eigenvalue weighted by molar-refractivity contribution is 5.96. The lowest BCUT2D eigenvalue weighted by atomic mass is 10.1. The number of pyridine rings is 1. The van der Waals surface area contributed by atoms with Crippen molar-refractivity contribution in [2.45, 2.75) is 31.9 Å². The fourth-order valence-electron chi connectivity index (χ4n) is 3.16. The van der Waals surface area contributed by atoms with Crippen molar-refractivity contribution in [3.05, 3.63) is 53.7 Å². The Morgan fingerprint density at radius 2 is 1.85 bits per heavy atom. The number of carbonyl (C=O) groups is 1. The van der Waals surface area contributed by atoms with Crippen molar-refractivity contribution >= 4 is 17.4 Å². The predicted molar refractivity (Wildman–Crippen MR) is 93.3 cm³/mol. The van der Waals surface area contributed by atoms with Crippen LogP contribution in [-0.4, -0.2) is 17.4 Å². The third kappa shape index (κ3) is 4.53. The molecular weight excluding hydrogens is 343 g/mol. The summed E-state index contributed by atoms with van der Waals surface area (Å²) < 4.78 is 40.3. The summed E-state index contributed by atoms with van der Waals surface area (Å²) in [4.78, 5) is 16.2. The zero-order valence-electron chi connectivity index (χ0n) is 14.1. The molecule has 2 aromatic rings. The van der Waals surface area contributed by atoms with Gasteiger partial charge in [0.15, 0.2) is 0 Å². The number of halogens is 3. The normalized spacial score (nSPS) is 15.0. The van der Waals surface area contributed by atoms with Crippen molar-refractivity contribution < 1.29 is 18.0 Å². The maximum absolute atomic E-state index is 13.4. The lowest BCUT2D eigenvalue weighted by Crippen LogP contribution is -2.30. The summed E-state index contributed by atoms with van der Waals surface area (Å²) in [5.41, 5.74) is -0.824. The van der Waals surface area contributed by atoms with E-state index in [1.54, 1.807) is 30.3 Å². The van der Waals surface area contributed by atoms with Crippen LogP contribution in [0.15, 0.2) is 42.6 Å². The fraction of sp³-hybridized carbons (Fsp3) is 0.368. The molecule has 0 radical (unpaired) electrons. The number of carbonyl (C=O) groups excluding carboxylic acids is 1. The van der Waals surface area contributed by atoms with E-state index < -0.39 is 23.2 Å². The molecule has 138 valence electrons. The zero-order chi connectivity index (χ0) is 18.6. The molecule has 26 heavy (non-hydrogen) atoms. The SMILES string of the molecule is O=C(NCC1CCCC1)c1cnc(Nc2ccccc2)cc1C(F)(F)F. The van der Waals surface area contributed by atoms with Gasteiger partial charge in [0.05, 0.1) is 11.1 Å². The molecule has 0 bridgehead atoms. The topological polar surface area (TPSA) is 54.0 Å². The smallest absolute Gasteiger partial charge is 0.352 e. The van der Waals surface area contributed by atoms with Gasteiger partial charge in [-0.15, -0.1) is 0 Å². The number of hydrogen-bond acceptors (Lipinski definition) is 3. The van der Waals surface area contributed by atoms with Gasteiger partial charge in [-0.25, -0.2) is 4.98 Å². The number of anilines is 2. The largest absolute Gasteiger partial charge is 0.417 e. The van der Waals surface area contributed by atoms with Gasteiger partial charge in [0, 0.05) is 18.4 Å². The van der Waals surface area contributed by atoms with E-state index in [-0.39, 0.29) is 5.82 Å². The highest BCUT2D eigenvalue weighted by atomic mass is 19.4. The number of benzene rings is 1. The maximum Gasteiger partial charge on any atom is 0.417 e. The minimum atomic E-state index is -4.64. The Bertz CT molecular complexity index is 756. The Hall–Kier alpha value is -2.57. The Kier molecular flexibility index (Phi) is 5.44. The van der Waals surface area contributed by atoms with E-state index in [2.05, 4.69) is 15.6 Å². The number of para-hydroxylation sites is 1. The average Bonchev–Trinajstić information content (AvgIpc) is 3.13. The van der Waals surface area contributed by atoms with E-state index in [0.717, 1.165) is 37.9 Å². The lowest BCUT2D eigenvalue weighted by molar-refractivity contribution is -0.137. The third-order valence-corrected chi connectivity index (χ3v) is 4.53. The molecule has 0 saturated heterocycles. The van der Waals surface area contributed by atoms with E-state index in [4.69, 9.17) is 0 Å². The fourth-order valence-corrected chi connectivity index (χ4v) is 3.16. The van der Waals surface area contributed by atoms with Crippen molar-refractivity contribution in [2.75, 3.05) is 11.9 Å². The standard InChI is InChI=1S/C19H20F3N3O/c20-19(21,22)16-10-17(25-14-8-2-1-3-9-14)23-12-15(16)18(26)24-11-13-6-4-5-7-13/h1-3,8-10,12-13H,4-7,11H2,(H,23,25)(H,24,26). The molecule has 0 atom stereocenters. The van der Waals surface area contributed by atoms with Crippen molar-refractivity contribution in [2.24, 2.45) is 5.92 Å². The minimum absolute atomic E-state index is 0.0378. The first kappa shape index (κ1) is 18.2. The summed E-state index contributed by atoms with van der Waals surface area (Å²) in [5, 5.41) is 5.44. The van der Waals surface area contributed by atoms with Crippen LogP contribution in [0.5, 0.6) is 0 Å². The molecule has 1 amide bonds. The third-order valence-electron chi connectivity index (χ3n) is 4.53. The van der Waals surface area contributed by atoms with Gasteiger partial charge in [-0.1, -0.05) is 31.0 Å². The van der Waals surface area contributed by atoms with Crippen LogP contribution in [0.4, 0.5) is 24.7 Å². The van der Waals surface area contributed by atoms with Gasteiger partial charge in [0.1, 0.15) is 5.82 Å². The van der Waals surface area contributed by atoms with Crippen LogP contribution in [0.1, 0.15) is 41.6 Å². The summed E-state index contributed by atoms with van der Waals surface area (Å²) >= 11 is 0. The van der Waals surface area contributed by atoms with Crippen molar-refractivity contribution in [1.29, 1.82) is 0 Å². The first-order valence-electron chi connectivity index (χ1n) is 8.61. The lowest BCUT2D eigenvalue weighted by Gasteiger charge is -2.16. The second-order valence-electron chi connectivity index (χ2n) is 6.46. The molecule has 1 aliphatic carbocycles. The number of nitrogens with zero attached hydrogens (tertiary/aromatic N) is 1. The first-order valence-corrected chi connectivity index (χ1v) is 8.61. The summed E-state index contributed by atoms with van der Waals surface area (Å²) in [5.74, 6) is -0.348. The minimum Gasteiger partial charge on any atom is -0.352 e. The first-order chi connectivity index (χ1) is 12.4. The van der Waals surface area contributed by atoms with Crippen molar-refractivity contribution in [3.63, 3.8) is 0 Å². The number of hydrogen-bond donors (Lipinski definition) is 2. The van der Waals surface area contributed by atoms with Gasteiger partial charge in [-0.2, -0.15) is 13.2 Å². The summed E-state index contributed by atoms with van der Waals surface area (Å²) in [6.45, 7) is 0.403. The molecule has 1 aromatic carbocycles. The number of rotatable bonds is 5. The van der Waals surface area contributed by atoms with Gasteiger partial charge in [0.2, 0.25) is 0 Å². The van der Waals surface area contributed by atoms with E-state index >= 15 is 0 Å². The van der Waals surface area contributed by atoms with E-state index in [1.807, 2.05) is 0 Å². The number of nitrogens with one attached hydrogen (secondary N) is 2. The Labute approximate surface area is 149 Å². The quantitative estimate of drug-likeness (QED) is 0.805. The monoisotopic (exact) mass is 363 g/mol. The second kappa shape index (κ2) is 7.76. The van der Waals surface area contributed by atoms with Crippen LogP contribution >= 0.6 is 0 Å². The van der Waals surface area contributed by atoms with Gasteiger partial charge in [-0.05, 0) is 37.0 Å². The Morgan fingerprint density at radius 1 is 1.15 bits per heavy atom. The van der Waals surface area contributed by atoms with Crippen molar-refractivity contribution in [3.8, 4) is 0 Å². The molecule has 0 aliphatic heterocycles. The van der Waals surface area contributed by atoms with Crippen LogP contribution in [0.3, 0.4) is 0 Å². The number of alkyl halides is 3. The molecule has 1 aromatic heterocycles. The van der Waals surface area contributed by atoms with E-state index in [1.165, 1.54) is 0 Å². The molecule has 1 fully saturated rings. The predicted octanol–water partition coefficient (Wildman–Crippen LogP) is 4.76. The summed E-state index contributed by atoms with van der Waals surface area (Å²) in [7, 11) is 0. The van der Waals surface area contributed by atoms with Crippen LogP contribution in [0.25, 0.3) is 0 Å². The molecule has 4 nitrogen and oxygen atoms in total. The Morgan fingerprint density at radius 3 is 2.50 bits per heavy atom. The highest BCUT2D eigenvalue weighted by Crippen LogP contribution is 2.33. The van der Waals surface area contributed by atoms with E-state index in [0.29, 0.717) is 18.2 Å². The molecule has 1 saturated carbocycles. The zero-order valence-corrected chi connectivity index (χ0v) is 14.1. The van der Waals surface area contributed by atoms with Crippen LogP contribution in [0, 0.1) is 5.92 Å². The molecule has 0 spiro atoms. The highest BCUT2D eigenvalue weighted by Gasteiger charge is 2.36. The molecule has 1 heterocycles. The molecular formula is C19H20F3N3O. The average molecular weight is 363 g/mol. The van der Waals surface area contributed by atoms with Gasteiger partial charge in [-0.3, -0.25) is 4.79 Å². The van der Waals surface area contributed by atoms with Crippen molar-refractivity contribution in [1.82, 2.24) is 10.3 Å². The Balaban J connectivity index is 1.79. The number of amides is 1. The van der Waals surface area contributed by atoms with Gasteiger partial charge < -0.3 is 10.6 Å². The molecule has 2 N–H and O–H groups in total. The van der Waals surface area contributed by atoms with Crippen LogP contribution in [0.2, 0.25) is 0 Å². The number of aromatic nitrogens is 1. The molecule has 0 unspecified atom stereocenters. The van der Waals surface area contributed by atoms with Gasteiger partial charge >= 0.3 is 6.18 Å². The molecule has 1 aliphatic rings. The van der Waals surface area contributed by atoms with Crippen LogP contribution in [-0.2, 0) is 6.18 Å². The summed E-state index contributed by atoms with van der Waals surface area (Å²) in [6.07, 6.45) is 0.564. The molecule has 7 heteroatoms. The second-order valence-corrected chi connectivity index (χ2v) is 6.46. The van der Waals surface area contributed by atoms with E-state index in [9.17, 15) is 18.0 Å². The van der Waals surface area contributed by atoms with Gasteiger partial charge in [0.25, 0.3) is 5.91 Å². The summed E-state index contributed by atoms with van der Waals surface area (Å²) in [6, 6.07) is 9.64.